The van der Waals surface area contributed by atoms with Crippen molar-refractivity contribution in [3.8, 4) is 0 Å². The number of rotatable bonds is 10. The van der Waals surface area contributed by atoms with Crippen molar-refractivity contribution in [2.24, 2.45) is 17.3 Å². The van der Waals surface area contributed by atoms with Crippen LogP contribution in [0.4, 0.5) is 4.79 Å². The molecule has 2 saturated heterocycles. The van der Waals surface area contributed by atoms with Gasteiger partial charge in [-0.2, -0.15) is 0 Å². The molecule has 0 aromatic carbocycles. The Morgan fingerprint density at radius 1 is 1.28 bits per heavy atom. The minimum absolute atomic E-state index is 0.0754. The predicted molar refractivity (Wildman–Crippen MR) is 136 cm³/mol. The van der Waals surface area contributed by atoms with E-state index in [1.54, 1.807) is 34.7 Å². The summed E-state index contributed by atoms with van der Waals surface area (Å²) in [6, 6.07) is 0. The van der Waals surface area contributed by atoms with Crippen LogP contribution in [0.5, 0.6) is 0 Å². The van der Waals surface area contributed by atoms with Crippen LogP contribution in [0.2, 0.25) is 0 Å². The first-order valence-electron chi connectivity index (χ1n) is 12.1. The number of ether oxygens (including phenoxy) is 3. The fourth-order valence-electron chi connectivity index (χ4n) is 4.56. The molecule has 3 amide bonds. The Kier molecular flexibility index (Phi) is 9.13. The summed E-state index contributed by atoms with van der Waals surface area (Å²) in [6.07, 6.45) is 2.72. The number of likely N-dealkylation sites (tertiary alicyclic amines) is 2. The van der Waals surface area contributed by atoms with E-state index >= 15 is 0 Å². The molecule has 3 atom stereocenters. The van der Waals surface area contributed by atoms with Gasteiger partial charge in [0, 0.05) is 51.2 Å². The van der Waals surface area contributed by atoms with E-state index < -0.39 is 23.0 Å². The van der Waals surface area contributed by atoms with Crippen LogP contribution in [0.15, 0.2) is 24.4 Å². The molecule has 1 N–H and O–H groups in total. The molecule has 3 heterocycles. The van der Waals surface area contributed by atoms with Crippen LogP contribution in [-0.2, 0) is 19.0 Å². The van der Waals surface area contributed by atoms with Gasteiger partial charge in [0.1, 0.15) is 10.5 Å². The number of methoxy groups -OCH3 is 1. The average Bonchev–Trinajstić information content (AvgIpc) is 3.46. The predicted octanol–water partition coefficient (Wildman–Crippen LogP) is 2.42. The minimum Gasteiger partial charge on any atom is -0.444 e. The third kappa shape index (κ3) is 6.83. The zero-order valence-corrected chi connectivity index (χ0v) is 22.6. The molecule has 2 aliphatic heterocycles. The second-order valence-electron chi connectivity index (χ2n) is 10.6. The Hall–Kier alpha value is -2.50. The third-order valence-electron chi connectivity index (χ3n) is 6.43. The molecular weight excluding hydrogens is 484 g/mol. The van der Waals surface area contributed by atoms with Gasteiger partial charge in [0.25, 0.3) is 5.91 Å². The number of nitrogens with one attached hydrogen (secondary N) is 1. The van der Waals surface area contributed by atoms with Gasteiger partial charge in [-0.05, 0) is 27.7 Å². The molecule has 0 saturated carbocycles. The fraction of sp³-hybridized carbons (Fsp3) is 0.680. The quantitative estimate of drug-likeness (QED) is 0.470. The van der Waals surface area contributed by atoms with Gasteiger partial charge in [-0.1, -0.05) is 6.08 Å². The van der Waals surface area contributed by atoms with Gasteiger partial charge < -0.3 is 29.3 Å². The first-order valence-corrected chi connectivity index (χ1v) is 13.0. The normalized spacial score (nSPS) is 20.5. The average molecular weight is 523 g/mol. The maximum atomic E-state index is 13.3. The molecule has 36 heavy (non-hydrogen) atoms. The topological polar surface area (TPSA) is 110 Å². The monoisotopic (exact) mass is 522 g/mol. The van der Waals surface area contributed by atoms with Gasteiger partial charge in [-0.3, -0.25) is 14.6 Å². The lowest BCUT2D eigenvalue weighted by Crippen LogP contribution is -2.64. The molecule has 200 valence electrons. The molecule has 0 aliphatic carbocycles. The summed E-state index contributed by atoms with van der Waals surface area (Å²) in [5, 5.41) is 2.99. The van der Waals surface area contributed by atoms with Crippen LogP contribution in [-0.4, -0.2) is 97.4 Å². The van der Waals surface area contributed by atoms with Crippen LogP contribution in [0.25, 0.3) is 0 Å². The summed E-state index contributed by atoms with van der Waals surface area (Å²) in [5.41, 5.74) is 0.490. The number of carbonyl (C=O) groups is 3. The van der Waals surface area contributed by atoms with E-state index in [9.17, 15) is 14.4 Å². The first-order chi connectivity index (χ1) is 17.0. The number of hydrogen-bond acceptors (Lipinski definition) is 8. The van der Waals surface area contributed by atoms with Gasteiger partial charge in [0.05, 0.1) is 36.9 Å². The Labute approximate surface area is 217 Å². The molecule has 10 nitrogen and oxygen atoms in total. The van der Waals surface area contributed by atoms with E-state index in [2.05, 4.69) is 16.9 Å². The summed E-state index contributed by atoms with van der Waals surface area (Å²) in [5.74, 6) is -0.666. The highest BCUT2D eigenvalue weighted by Gasteiger charge is 2.59. The van der Waals surface area contributed by atoms with Crippen LogP contribution in [0.1, 0.15) is 37.4 Å². The SMILES string of the molecule is C=CC(COC)CO[C@H](C)CNC(=O)C1CN(C(=O)c2cncs2)CC12CN(C(=O)OC(C)(C)C)C2. The highest BCUT2D eigenvalue weighted by atomic mass is 32.1. The van der Waals surface area contributed by atoms with Crippen LogP contribution >= 0.6 is 11.3 Å². The van der Waals surface area contributed by atoms with Gasteiger partial charge in [-0.25, -0.2) is 4.79 Å². The molecule has 11 heteroatoms. The van der Waals surface area contributed by atoms with Crippen molar-refractivity contribution in [2.75, 3.05) is 53.0 Å². The lowest BCUT2D eigenvalue weighted by Gasteiger charge is -2.50. The second-order valence-corrected chi connectivity index (χ2v) is 11.5. The van der Waals surface area contributed by atoms with Gasteiger partial charge in [-0.15, -0.1) is 17.9 Å². The number of nitrogens with zero attached hydrogens (tertiary/aromatic N) is 3. The van der Waals surface area contributed by atoms with Crippen molar-refractivity contribution in [1.29, 1.82) is 0 Å². The van der Waals surface area contributed by atoms with E-state index in [-0.39, 0.29) is 30.4 Å². The summed E-state index contributed by atoms with van der Waals surface area (Å²) in [6.45, 7) is 13.8. The third-order valence-corrected chi connectivity index (χ3v) is 7.19. The van der Waals surface area contributed by atoms with Gasteiger partial charge >= 0.3 is 6.09 Å². The largest absolute Gasteiger partial charge is 0.444 e. The standard InChI is InChI=1S/C25H38N4O6S/c1-7-18(11-33-6)12-34-17(2)8-27-21(30)19-10-28(22(31)20-9-26-16-36-20)13-25(19)14-29(15-25)23(32)35-24(3,4)5/h7,9,16-19H,1,8,10-15H2,2-6H3,(H,27,30)/t17-,18?,19?/m1/s1. The van der Waals surface area contributed by atoms with Crippen molar-refractivity contribution in [1.82, 2.24) is 20.1 Å². The number of hydrogen-bond donors (Lipinski definition) is 1. The molecule has 2 unspecified atom stereocenters. The molecule has 0 radical (unpaired) electrons. The molecule has 1 aromatic heterocycles. The summed E-state index contributed by atoms with van der Waals surface area (Å²) >= 11 is 1.27. The highest BCUT2D eigenvalue weighted by Crippen LogP contribution is 2.45. The van der Waals surface area contributed by atoms with E-state index in [1.807, 2.05) is 27.7 Å². The van der Waals surface area contributed by atoms with Crippen LogP contribution in [0.3, 0.4) is 0 Å². The maximum absolute atomic E-state index is 13.3. The molecule has 1 spiro atoms. The molecule has 2 fully saturated rings. The smallest absolute Gasteiger partial charge is 0.410 e. The molecular formula is C25H38N4O6S. The molecule has 1 aromatic rings. The van der Waals surface area contributed by atoms with Crippen molar-refractivity contribution in [2.45, 2.75) is 39.4 Å². The van der Waals surface area contributed by atoms with Gasteiger partial charge in [0.15, 0.2) is 0 Å². The maximum Gasteiger partial charge on any atom is 0.410 e. The number of thiazole rings is 1. The number of carbonyl (C=O) groups excluding carboxylic acids is 3. The van der Waals surface area contributed by atoms with Gasteiger partial charge in [0.2, 0.25) is 5.91 Å². The lowest BCUT2D eigenvalue weighted by molar-refractivity contribution is -0.133. The number of amides is 3. The van der Waals surface area contributed by atoms with Crippen molar-refractivity contribution in [3.63, 3.8) is 0 Å². The Balaban J connectivity index is 1.63. The molecule has 3 rings (SSSR count). The molecule has 2 aliphatic rings. The van der Waals surface area contributed by atoms with Crippen LogP contribution < -0.4 is 5.32 Å². The summed E-state index contributed by atoms with van der Waals surface area (Å²) < 4.78 is 16.5. The summed E-state index contributed by atoms with van der Waals surface area (Å²) in [4.78, 5) is 46.7. The zero-order valence-electron chi connectivity index (χ0n) is 21.8. The van der Waals surface area contributed by atoms with Crippen molar-refractivity contribution < 1.29 is 28.6 Å². The molecule has 0 bridgehead atoms. The Bertz CT molecular complexity index is 925. The van der Waals surface area contributed by atoms with E-state index in [1.165, 1.54) is 11.3 Å². The van der Waals surface area contributed by atoms with E-state index in [4.69, 9.17) is 14.2 Å². The van der Waals surface area contributed by atoms with E-state index in [0.29, 0.717) is 44.3 Å². The number of aromatic nitrogens is 1. The Morgan fingerprint density at radius 3 is 2.56 bits per heavy atom. The zero-order chi connectivity index (χ0) is 26.5. The van der Waals surface area contributed by atoms with Crippen molar-refractivity contribution >= 4 is 29.2 Å². The first kappa shape index (κ1) is 28.1. The van der Waals surface area contributed by atoms with Crippen LogP contribution in [0, 0.1) is 17.3 Å². The minimum atomic E-state index is -0.607. The summed E-state index contributed by atoms with van der Waals surface area (Å²) in [7, 11) is 1.63. The van der Waals surface area contributed by atoms with E-state index in [0.717, 1.165) is 0 Å². The second kappa shape index (κ2) is 11.7. The highest BCUT2D eigenvalue weighted by molar-refractivity contribution is 7.11. The van der Waals surface area contributed by atoms with Crippen molar-refractivity contribution in [3.05, 3.63) is 29.2 Å². The lowest BCUT2D eigenvalue weighted by atomic mass is 9.71. The Morgan fingerprint density at radius 2 is 1.97 bits per heavy atom. The fourth-order valence-corrected chi connectivity index (χ4v) is 5.15.